The van der Waals surface area contributed by atoms with Crippen LogP contribution in [0.15, 0.2) is 35.2 Å². The van der Waals surface area contributed by atoms with E-state index in [2.05, 4.69) is 5.32 Å². The molecule has 23 heavy (non-hydrogen) atoms. The van der Waals surface area contributed by atoms with Gasteiger partial charge in [0.2, 0.25) is 5.91 Å². The molecular weight excluding hydrogens is 336 g/mol. The van der Waals surface area contributed by atoms with Crippen LogP contribution >= 0.6 is 12.4 Å². The molecule has 0 aliphatic heterocycles. The number of benzene rings is 1. The van der Waals surface area contributed by atoms with Crippen LogP contribution in [0.4, 0.5) is 0 Å². The summed E-state index contributed by atoms with van der Waals surface area (Å²) in [5, 5.41) is 2.76. The van der Waals surface area contributed by atoms with Crippen molar-refractivity contribution in [2.75, 3.05) is 5.75 Å². The van der Waals surface area contributed by atoms with E-state index in [-0.39, 0.29) is 34.9 Å². The summed E-state index contributed by atoms with van der Waals surface area (Å²) in [6.07, 6.45) is 1.33. The normalized spacial score (nSPS) is 15.1. The Kier molecular flexibility index (Phi) is 9.42. The van der Waals surface area contributed by atoms with Crippen molar-refractivity contribution in [3.05, 3.63) is 30.3 Å². The fourth-order valence-electron chi connectivity index (χ4n) is 2.06. The topological polar surface area (TPSA) is 89.3 Å². The van der Waals surface area contributed by atoms with E-state index in [9.17, 15) is 13.2 Å². The SMILES string of the molecule is CCC(CS(=O)(=O)c1ccccc1)NC(=O)C(N)C(C)CC.Cl. The molecule has 5 nitrogen and oxygen atoms in total. The van der Waals surface area contributed by atoms with Crippen molar-refractivity contribution in [3.8, 4) is 0 Å². The van der Waals surface area contributed by atoms with Crippen LogP contribution in [0.1, 0.15) is 33.6 Å². The number of sulfone groups is 1. The van der Waals surface area contributed by atoms with Gasteiger partial charge >= 0.3 is 0 Å². The highest BCUT2D eigenvalue weighted by atomic mass is 35.5. The number of carbonyl (C=O) groups is 1. The molecule has 0 radical (unpaired) electrons. The third-order valence-electron chi connectivity index (χ3n) is 3.92. The van der Waals surface area contributed by atoms with Crippen molar-refractivity contribution in [1.82, 2.24) is 5.32 Å². The molecule has 0 aliphatic rings. The van der Waals surface area contributed by atoms with Crippen LogP contribution in [-0.2, 0) is 14.6 Å². The number of nitrogens with two attached hydrogens (primary N) is 1. The number of amides is 1. The Labute approximate surface area is 145 Å². The molecule has 1 aromatic carbocycles. The molecule has 0 saturated heterocycles. The number of rotatable bonds is 8. The van der Waals surface area contributed by atoms with Crippen LogP contribution in [-0.4, -0.2) is 32.2 Å². The van der Waals surface area contributed by atoms with Crippen molar-refractivity contribution in [3.63, 3.8) is 0 Å². The van der Waals surface area contributed by atoms with Crippen molar-refractivity contribution >= 4 is 28.2 Å². The average Bonchev–Trinajstić information content (AvgIpc) is 2.53. The largest absolute Gasteiger partial charge is 0.351 e. The number of nitrogens with one attached hydrogen (secondary N) is 1. The van der Waals surface area contributed by atoms with E-state index in [1.54, 1.807) is 30.3 Å². The predicted octanol–water partition coefficient (Wildman–Crippen LogP) is 2.15. The van der Waals surface area contributed by atoms with Gasteiger partial charge in [0.25, 0.3) is 0 Å². The summed E-state index contributed by atoms with van der Waals surface area (Å²) in [5.41, 5.74) is 5.89. The molecule has 7 heteroatoms. The van der Waals surface area contributed by atoms with E-state index >= 15 is 0 Å². The summed E-state index contributed by atoms with van der Waals surface area (Å²) in [5.74, 6) is -0.348. The Bertz CT molecular complexity index is 578. The molecule has 0 saturated carbocycles. The van der Waals surface area contributed by atoms with Crippen LogP contribution in [0, 0.1) is 5.92 Å². The lowest BCUT2D eigenvalue weighted by atomic mass is 9.99. The van der Waals surface area contributed by atoms with Crippen LogP contribution < -0.4 is 11.1 Å². The maximum absolute atomic E-state index is 12.4. The Balaban J connectivity index is 0.00000484. The second-order valence-electron chi connectivity index (χ2n) is 5.62. The highest BCUT2D eigenvalue weighted by molar-refractivity contribution is 7.91. The van der Waals surface area contributed by atoms with Gasteiger partial charge in [0, 0.05) is 6.04 Å². The Morgan fingerprint density at radius 1 is 1.17 bits per heavy atom. The van der Waals surface area contributed by atoms with Crippen LogP contribution in [0.2, 0.25) is 0 Å². The first-order valence-electron chi connectivity index (χ1n) is 7.65. The van der Waals surface area contributed by atoms with Gasteiger partial charge < -0.3 is 11.1 Å². The lowest BCUT2D eigenvalue weighted by Crippen LogP contribution is -2.49. The van der Waals surface area contributed by atoms with Gasteiger partial charge in [0.1, 0.15) is 0 Å². The number of carbonyl (C=O) groups excluding carboxylic acids is 1. The number of hydrogen-bond acceptors (Lipinski definition) is 4. The van der Waals surface area contributed by atoms with E-state index in [1.807, 2.05) is 20.8 Å². The maximum atomic E-state index is 12.4. The second kappa shape index (κ2) is 9.90. The Hall–Kier alpha value is -1.11. The third kappa shape index (κ3) is 6.49. The van der Waals surface area contributed by atoms with Crippen LogP contribution in [0.25, 0.3) is 0 Å². The smallest absolute Gasteiger partial charge is 0.237 e. The molecule has 1 amide bonds. The molecule has 0 heterocycles. The highest BCUT2D eigenvalue weighted by Crippen LogP contribution is 2.13. The molecular formula is C16H27ClN2O3S. The number of hydrogen-bond donors (Lipinski definition) is 2. The Morgan fingerprint density at radius 2 is 1.74 bits per heavy atom. The minimum atomic E-state index is -3.42. The van der Waals surface area contributed by atoms with Gasteiger partial charge in [-0.05, 0) is 24.5 Å². The highest BCUT2D eigenvalue weighted by Gasteiger charge is 2.25. The maximum Gasteiger partial charge on any atom is 0.237 e. The van der Waals surface area contributed by atoms with Gasteiger partial charge in [0.15, 0.2) is 9.84 Å². The molecule has 0 fully saturated rings. The lowest BCUT2D eigenvalue weighted by molar-refractivity contribution is -0.124. The van der Waals surface area contributed by atoms with Gasteiger partial charge in [-0.1, -0.05) is 45.4 Å². The molecule has 0 bridgehead atoms. The quantitative estimate of drug-likeness (QED) is 0.741. The van der Waals surface area contributed by atoms with Crippen molar-refractivity contribution in [2.24, 2.45) is 11.7 Å². The van der Waals surface area contributed by atoms with E-state index < -0.39 is 21.9 Å². The van der Waals surface area contributed by atoms with E-state index in [0.717, 1.165) is 6.42 Å². The van der Waals surface area contributed by atoms with Gasteiger partial charge in [0.05, 0.1) is 16.7 Å². The summed E-state index contributed by atoms with van der Waals surface area (Å²) in [6, 6.07) is 7.22. The molecule has 0 aliphatic carbocycles. The van der Waals surface area contributed by atoms with Gasteiger partial charge in [-0.15, -0.1) is 12.4 Å². The van der Waals surface area contributed by atoms with Crippen LogP contribution in [0.5, 0.6) is 0 Å². The first-order valence-corrected chi connectivity index (χ1v) is 9.30. The van der Waals surface area contributed by atoms with Gasteiger partial charge in [-0.3, -0.25) is 4.79 Å². The van der Waals surface area contributed by atoms with Crippen LogP contribution in [0.3, 0.4) is 0 Å². The molecule has 1 aromatic rings. The van der Waals surface area contributed by atoms with Crippen molar-refractivity contribution < 1.29 is 13.2 Å². The summed E-state index contributed by atoms with van der Waals surface area (Å²) >= 11 is 0. The molecule has 3 unspecified atom stereocenters. The predicted molar refractivity (Wildman–Crippen MR) is 95.4 cm³/mol. The van der Waals surface area contributed by atoms with Crippen molar-refractivity contribution in [1.29, 1.82) is 0 Å². The molecule has 3 N–H and O–H groups in total. The first-order chi connectivity index (χ1) is 10.3. The molecule has 3 atom stereocenters. The molecule has 132 valence electrons. The van der Waals surface area contributed by atoms with E-state index in [0.29, 0.717) is 6.42 Å². The summed E-state index contributed by atoms with van der Waals surface area (Å²) in [6.45, 7) is 5.72. The monoisotopic (exact) mass is 362 g/mol. The zero-order valence-electron chi connectivity index (χ0n) is 13.9. The fourth-order valence-corrected chi connectivity index (χ4v) is 3.67. The van der Waals surface area contributed by atoms with E-state index in [4.69, 9.17) is 5.73 Å². The minimum absolute atomic E-state index is 0. The van der Waals surface area contributed by atoms with Gasteiger partial charge in [-0.2, -0.15) is 0 Å². The standard InChI is InChI=1S/C16H26N2O3S.ClH/c1-4-12(3)15(17)16(19)18-13(5-2)11-22(20,21)14-9-7-6-8-10-14;/h6-10,12-13,15H,4-5,11,17H2,1-3H3,(H,18,19);1H. The average molecular weight is 363 g/mol. The zero-order chi connectivity index (χ0) is 16.8. The molecule has 0 aromatic heterocycles. The minimum Gasteiger partial charge on any atom is -0.351 e. The zero-order valence-corrected chi connectivity index (χ0v) is 15.5. The van der Waals surface area contributed by atoms with Crippen molar-refractivity contribution in [2.45, 2.75) is 50.6 Å². The summed E-state index contributed by atoms with van der Waals surface area (Å²) < 4.78 is 24.7. The second-order valence-corrected chi connectivity index (χ2v) is 7.65. The lowest BCUT2D eigenvalue weighted by Gasteiger charge is -2.22. The van der Waals surface area contributed by atoms with Gasteiger partial charge in [-0.25, -0.2) is 8.42 Å². The summed E-state index contributed by atoms with van der Waals surface area (Å²) in [4.78, 5) is 12.4. The molecule has 1 rings (SSSR count). The fraction of sp³-hybridized carbons (Fsp3) is 0.562. The molecule has 0 spiro atoms. The Morgan fingerprint density at radius 3 is 2.22 bits per heavy atom. The van der Waals surface area contributed by atoms with E-state index in [1.165, 1.54) is 0 Å². The summed E-state index contributed by atoms with van der Waals surface area (Å²) in [7, 11) is -3.42. The number of halogens is 1. The third-order valence-corrected chi connectivity index (χ3v) is 5.75. The first kappa shape index (κ1) is 21.9.